The van der Waals surface area contributed by atoms with Gasteiger partial charge in [0.05, 0.1) is 5.52 Å². The highest BCUT2D eigenvalue weighted by Gasteiger charge is 2.12. The van der Waals surface area contributed by atoms with Gasteiger partial charge in [0.2, 0.25) is 5.88 Å². The fourth-order valence-corrected chi connectivity index (χ4v) is 1.97. The van der Waals surface area contributed by atoms with Crippen LogP contribution in [0.15, 0.2) is 58.8 Å². The van der Waals surface area contributed by atoms with E-state index in [-0.39, 0.29) is 11.6 Å². The molecule has 0 aliphatic rings. The number of hydrogen-bond donors (Lipinski definition) is 2. The van der Waals surface area contributed by atoms with Gasteiger partial charge < -0.3 is 10.1 Å². The average Bonchev–Trinajstić information content (AvgIpc) is 2.80. The first kappa shape index (κ1) is 13.0. The molecule has 6 heteroatoms. The van der Waals surface area contributed by atoms with E-state index in [1.165, 1.54) is 18.2 Å². The van der Waals surface area contributed by atoms with E-state index < -0.39 is 11.7 Å². The highest BCUT2D eigenvalue weighted by Crippen LogP contribution is 2.35. The third-order valence-corrected chi connectivity index (χ3v) is 2.98. The second kappa shape index (κ2) is 5.16. The number of benzene rings is 2. The number of fused-ring (bicyclic) bond motifs is 1. The molecule has 1 aromatic heterocycles. The molecule has 2 N–H and O–H groups in total. The second-order valence-electron chi connectivity index (χ2n) is 4.38. The first-order chi connectivity index (χ1) is 10.1. The third kappa shape index (κ3) is 2.51. The van der Waals surface area contributed by atoms with E-state index in [1.807, 2.05) is 0 Å². The molecule has 0 unspecified atom stereocenters. The van der Waals surface area contributed by atoms with Crippen LogP contribution in [0.5, 0.6) is 5.88 Å². The molecular formula is C15H10FN3O2. The molecule has 0 atom stereocenters. The summed E-state index contributed by atoms with van der Waals surface area (Å²) in [5, 5.41) is 17.4. The molecule has 21 heavy (non-hydrogen) atoms. The largest absolute Gasteiger partial charge is 0.493 e. The van der Waals surface area contributed by atoms with Crippen LogP contribution < -0.4 is 0 Å². The summed E-state index contributed by atoms with van der Waals surface area (Å²) in [5.74, 6) is -1.27. The number of carbonyl (C=O) groups is 1. The summed E-state index contributed by atoms with van der Waals surface area (Å²) in [6.45, 7) is 0. The Morgan fingerprint density at radius 3 is 2.67 bits per heavy atom. The van der Waals surface area contributed by atoms with Crippen molar-refractivity contribution in [2.24, 2.45) is 10.2 Å². The summed E-state index contributed by atoms with van der Waals surface area (Å²) >= 11 is 0. The molecule has 0 saturated carbocycles. The lowest BCUT2D eigenvalue weighted by Crippen LogP contribution is -1.91. The number of amides is 1. The lowest BCUT2D eigenvalue weighted by atomic mass is 10.2. The van der Waals surface area contributed by atoms with Crippen molar-refractivity contribution in [2.75, 3.05) is 0 Å². The zero-order valence-electron chi connectivity index (χ0n) is 10.7. The van der Waals surface area contributed by atoms with E-state index in [1.54, 1.807) is 30.3 Å². The molecule has 5 nitrogen and oxygen atoms in total. The number of aromatic hydroxyl groups is 1. The first-order valence-electron chi connectivity index (χ1n) is 6.16. The van der Waals surface area contributed by atoms with Gasteiger partial charge in [0, 0.05) is 10.9 Å². The molecule has 104 valence electrons. The van der Waals surface area contributed by atoms with E-state index in [0.717, 1.165) is 0 Å². The van der Waals surface area contributed by atoms with Crippen LogP contribution in [0, 0.1) is 5.82 Å². The van der Waals surface area contributed by atoms with Crippen molar-refractivity contribution in [3.05, 3.63) is 59.9 Å². The van der Waals surface area contributed by atoms with E-state index in [4.69, 9.17) is 0 Å². The van der Waals surface area contributed by atoms with Gasteiger partial charge >= 0.3 is 0 Å². The third-order valence-electron chi connectivity index (χ3n) is 2.98. The highest BCUT2D eigenvalue weighted by atomic mass is 19.1. The number of H-pyrrole nitrogens is 1. The van der Waals surface area contributed by atoms with Gasteiger partial charge in [0.15, 0.2) is 5.69 Å². The molecule has 0 aliphatic heterocycles. The highest BCUT2D eigenvalue weighted by molar-refractivity contribution is 5.96. The minimum Gasteiger partial charge on any atom is -0.493 e. The van der Waals surface area contributed by atoms with Crippen LogP contribution in [-0.4, -0.2) is 16.0 Å². The quantitative estimate of drug-likeness (QED) is 0.699. The molecule has 0 spiro atoms. The van der Waals surface area contributed by atoms with Crippen molar-refractivity contribution in [3.63, 3.8) is 0 Å². The predicted octanol–water partition coefficient (Wildman–Crippen LogP) is 3.94. The molecule has 0 saturated heterocycles. The van der Waals surface area contributed by atoms with Gasteiger partial charge in [-0.25, -0.2) is 4.39 Å². The number of hydrogen-bond acceptors (Lipinski definition) is 3. The minimum absolute atomic E-state index is 0.0359. The number of rotatable bonds is 2. The van der Waals surface area contributed by atoms with Gasteiger partial charge in [-0.3, -0.25) is 4.79 Å². The number of azo groups is 1. The summed E-state index contributed by atoms with van der Waals surface area (Å²) < 4.78 is 13.3. The van der Waals surface area contributed by atoms with Crippen LogP contribution in [-0.2, 0) is 0 Å². The molecule has 3 rings (SSSR count). The van der Waals surface area contributed by atoms with Crippen molar-refractivity contribution < 1.29 is 14.3 Å². The smallest absolute Gasteiger partial charge is 0.295 e. The number of halogens is 1. The van der Waals surface area contributed by atoms with Crippen molar-refractivity contribution in [1.29, 1.82) is 0 Å². The van der Waals surface area contributed by atoms with E-state index in [0.29, 0.717) is 16.5 Å². The van der Waals surface area contributed by atoms with Gasteiger partial charge in [-0.15, -0.1) is 10.2 Å². The Balaban J connectivity index is 1.98. The maximum atomic E-state index is 13.3. The van der Waals surface area contributed by atoms with Gasteiger partial charge in [0.1, 0.15) is 5.82 Å². The molecule has 1 amide bonds. The van der Waals surface area contributed by atoms with Crippen molar-refractivity contribution in [1.82, 2.24) is 4.98 Å². The molecule has 0 radical (unpaired) electrons. The number of aromatic amines is 1. The first-order valence-corrected chi connectivity index (χ1v) is 6.16. The monoisotopic (exact) mass is 283 g/mol. The summed E-state index contributed by atoms with van der Waals surface area (Å²) in [4.78, 5) is 14.5. The number of nitrogens with zero attached hydrogens (tertiary/aromatic N) is 2. The standard InChI is InChI=1S/C15H10FN3O2/c16-10-6-7-12-11(8-10)13(15(21)17-12)18-19-14(20)9-4-2-1-3-5-9/h1-8,17,21H. The molecule has 1 heterocycles. The molecule has 3 aromatic rings. The molecule has 0 fully saturated rings. The van der Waals surface area contributed by atoms with E-state index >= 15 is 0 Å². The van der Waals surface area contributed by atoms with Gasteiger partial charge in [-0.05, 0) is 30.3 Å². The zero-order valence-corrected chi connectivity index (χ0v) is 10.7. The van der Waals surface area contributed by atoms with Gasteiger partial charge in [-0.1, -0.05) is 18.2 Å². The lowest BCUT2D eigenvalue weighted by molar-refractivity contribution is 0.0995. The Labute approximate surface area is 118 Å². The fourth-order valence-electron chi connectivity index (χ4n) is 1.97. The van der Waals surface area contributed by atoms with E-state index in [9.17, 15) is 14.3 Å². The number of carbonyl (C=O) groups excluding carboxylic acids is 1. The van der Waals surface area contributed by atoms with Crippen LogP contribution in [0.25, 0.3) is 10.9 Å². The second-order valence-corrected chi connectivity index (χ2v) is 4.38. The Kier molecular flexibility index (Phi) is 3.19. The van der Waals surface area contributed by atoms with Crippen LogP contribution in [0.4, 0.5) is 10.1 Å². The van der Waals surface area contributed by atoms with Gasteiger partial charge in [0.25, 0.3) is 5.91 Å². The van der Waals surface area contributed by atoms with Crippen LogP contribution in [0.3, 0.4) is 0 Å². The SMILES string of the molecule is O=C(N=Nc1c(O)[nH]c2ccc(F)cc12)c1ccccc1. The maximum Gasteiger partial charge on any atom is 0.295 e. The summed E-state index contributed by atoms with van der Waals surface area (Å²) in [6.07, 6.45) is 0. The Morgan fingerprint density at radius 2 is 1.90 bits per heavy atom. The summed E-state index contributed by atoms with van der Waals surface area (Å²) in [7, 11) is 0. The Hall–Kier alpha value is -3.02. The van der Waals surface area contributed by atoms with Crippen molar-refractivity contribution in [2.45, 2.75) is 0 Å². The Morgan fingerprint density at radius 1 is 1.14 bits per heavy atom. The number of nitrogens with one attached hydrogen (secondary N) is 1. The molecule has 0 bridgehead atoms. The molecule has 2 aromatic carbocycles. The normalized spacial score (nSPS) is 11.3. The zero-order chi connectivity index (χ0) is 14.8. The van der Waals surface area contributed by atoms with Gasteiger partial charge in [-0.2, -0.15) is 0 Å². The van der Waals surface area contributed by atoms with Crippen LogP contribution in [0.2, 0.25) is 0 Å². The van der Waals surface area contributed by atoms with Crippen molar-refractivity contribution >= 4 is 22.5 Å². The number of aromatic nitrogens is 1. The molecule has 0 aliphatic carbocycles. The van der Waals surface area contributed by atoms with Crippen LogP contribution >= 0.6 is 0 Å². The minimum atomic E-state index is -0.541. The average molecular weight is 283 g/mol. The van der Waals surface area contributed by atoms with Crippen molar-refractivity contribution in [3.8, 4) is 5.88 Å². The Bertz CT molecular complexity index is 841. The molecular weight excluding hydrogens is 273 g/mol. The topological polar surface area (TPSA) is 77.8 Å². The summed E-state index contributed by atoms with van der Waals surface area (Å²) in [5.41, 5.74) is 0.926. The predicted molar refractivity (Wildman–Crippen MR) is 75.2 cm³/mol. The lowest BCUT2D eigenvalue weighted by Gasteiger charge is -1.94. The van der Waals surface area contributed by atoms with Crippen LogP contribution in [0.1, 0.15) is 10.4 Å². The maximum absolute atomic E-state index is 13.3. The summed E-state index contributed by atoms with van der Waals surface area (Å²) in [6, 6.07) is 12.4. The van der Waals surface area contributed by atoms with E-state index in [2.05, 4.69) is 15.2 Å². The fraction of sp³-hybridized carbons (Fsp3) is 0.